The van der Waals surface area contributed by atoms with Gasteiger partial charge in [-0.2, -0.15) is 0 Å². The maximum atomic E-state index is 12.8. The topological polar surface area (TPSA) is 20.3 Å². The number of carbonyl (C=O) groups excluding carboxylic acids is 1. The first-order chi connectivity index (χ1) is 6.05. The fraction of sp³-hybridized carbons (Fsp3) is 0.875. The molecule has 13 heavy (non-hydrogen) atoms. The number of amides is 1. The molecule has 1 fully saturated rings. The van der Waals surface area contributed by atoms with Gasteiger partial charge in [-0.1, -0.05) is 0 Å². The second-order valence-electron chi connectivity index (χ2n) is 3.21. The molecule has 1 aliphatic rings. The number of nitrogens with zero attached hydrogens (tertiary/aromatic N) is 1. The molecule has 0 aromatic rings. The van der Waals surface area contributed by atoms with Gasteiger partial charge >= 0.3 is 0 Å². The average Bonchev–Trinajstić information content (AvgIpc) is 2.03. The van der Waals surface area contributed by atoms with Crippen LogP contribution < -0.4 is 0 Å². The fourth-order valence-electron chi connectivity index (χ4n) is 1.42. The van der Waals surface area contributed by atoms with Crippen LogP contribution >= 0.6 is 11.6 Å². The third-order valence-corrected chi connectivity index (χ3v) is 2.24. The van der Waals surface area contributed by atoms with E-state index < -0.39 is 12.5 Å². The third-order valence-electron chi connectivity index (χ3n) is 2.05. The summed E-state index contributed by atoms with van der Waals surface area (Å²) in [6.45, 7) is -0.00592. The Morgan fingerprint density at radius 2 is 2.23 bits per heavy atom. The number of hydrogen-bond donors (Lipinski definition) is 0. The minimum Gasteiger partial charge on any atom is -0.337 e. The molecular weight excluding hydrogens is 200 g/mol. The second kappa shape index (κ2) is 4.22. The lowest BCUT2D eigenvalue weighted by Gasteiger charge is -2.32. The molecule has 0 spiro atoms. The van der Waals surface area contributed by atoms with E-state index in [0.717, 1.165) is 0 Å². The Morgan fingerprint density at radius 3 is 2.77 bits per heavy atom. The van der Waals surface area contributed by atoms with Crippen molar-refractivity contribution in [2.24, 2.45) is 0 Å². The quantitative estimate of drug-likeness (QED) is 0.639. The Bertz CT molecular complexity index is 199. The highest BCUT2D eigenvalue weighted by atomic mass is 35.5. The Morgan fingerprint density at radius 1 is 1.54 bits per heavy atom. The van der Waals surface area contributed by atoms with E-state index in [0.29, 0.717) is 13.0 Å². The smallest absolute Gasteiger partial charge is 0.265 e. The summed E-state index contributed by atoms with van der Waals surface area (Å²) in [6, 6.07) is 0. The van der Waals surface area contributed by atoms with Crippen molar-refractivity contribution < 1.29 is 13.6 Å². The molecule has 1 amide bonds. The largest absolute Gasteiger partial charge is 0.337 e. The zero-order chi connectivity index (χ0) is 9.90. The lowest BCUT2D eigenvalue weighted by Crippen LogP contribution is -2.45. The van der Waals surface area contributed by atoms with Gasteiger partial charge in [0, 0.05) is 25.3 Å². The number of halogens is 3. The molecule has 1 rings (SSSR count). The number of hydrogen-bond acceptors (Lipinski definition) is 1. The van der Waals surface area contributed by atoms with Crippen LogP contribution in [0.4, 0.5) is 8.78 Å². The molecule has 2 nitrogen and oxygen atoms in total. The predicted molar refractivity (Wildman–Crippen MR) is 46.1 cm³/mol. The molecule has 1 heterocycles. The van der Waals surface area contributed by atoms with Crippen molar-refractivity contribution in [3.8, 4) is 0 Å². The summed E-state index contributed by atoms with van der Waals surface area (Å²) in [4.78, 5) is 12.4. The number of carbonyl (C=O) groups is 1. The van der Waals surface area contributed by atoms with Gasteiger partial charge < -0.3 is 4.90 Å². The van der Waals surface area contributed by atoms with Crippen molar-refractivity contribution in [1.29, 1.82) is 0 Å². The second-order valence-corrected chi connectivity index (χ2v) is 3.59. The lowest BCUT2D eigenvalue weighted by molar-refractivity contribution is -0.141. The maximum Gasteiger partial charge on any atom is 0.265 e. The molecule has 0 N–H and O–H groups in total. The van der Waals surface area contributed by atoms with Crippen LogP contribution in [0.3, 0.4) is 0 Å². The lowest BCUT2D eigenvalue weighted by atomic mass is 10.1. The Hall–Kier alpha value is -0.380. The maximum absolute atomic E-state index is 12.8. The van der Waals surface area contributed by atoms with E-state index in [1.807, 2.05) is 0 Å². The summed E-state index contributed by atoms with van der Waals surface area (Å²) in [6.07, 6.45) is 0.413. The van der Waals surface area contributed by atoms with Crippen molar-refractivity contribution in [3.63, 3.8) is 0 Å². The van der Waals surface area contributed by atoms with E-state index >= 15 is 0 Å². The van der Waals surface area contributed by atoms with Crippen LogP contribution in [0.2, 0.25) is 0 Å². The summed E-state index contributed by atoms with van der Waals surface area (Å²) in [5.74, 6) is -2.78. The van der Waals surface area contributed by atoms with E-state index in [2.05, 4.69) is 0 Å². The summed E-state index contributed by atoms with van der Waals surface area (Å²) in [5.41, 5.74) is 0. The van der Waals surface area contributed by atoms with Gasteiger partial charge in [0.15, 0.2) is 0 Å². The molecule has 0 radical (unpaired) electrons. The number of alkyl halides is 3. The minimum atomic E-state index is -2.71. The van der Waals surface area contributed by atoms with Gasteiger partial charge in [0.1, 0.15) is 0 Å². The molecule has 0 aromatic carbocycles. The molecule has 76 valence electrons. The molecule has 5 heteroatoms. The normalized spacial score (nSPS) is 21.6. The minimum absolute atomic E-state index is 0.113. The molecule has 0 aliphatic carbocycles. The predicted octanol–water partition coefficient (Wildman–Crippen LogP) is 1.87. The van der Waals surface area contributed by atoms with E-state index in [4.69, 9.17) is 11.6 Å². The summed E-state index contributed by atoms with van der Waals surface area (Å²) >= 11 is 5.35. The van der Waals surface area contributed by atoms with Crippen molar-refractivity contribution in [1.82, 2.24) is 4.90 Å². The van der Waals surface area contributed by atoms with E-state index in [1.54, 1.807) is 0 Å². The number of piperidine rings is 1. The Kier molecular flexibility index (Phi) is 3.47. The van der Waals surface area contributed by atoms with Gasteiger partial charge in [-0.05, 0) is 6.42 Å². The van der Waals surface area contributed by atoms with Gasteiger partial charge in [-0.3, -0.25) is 4.79 Å². The SMILES string of the molecule is O=C(CCCl)N1CCCC(F)(F)C1. The van der Waals surface area contributed by atoms with Gasteiger partial charge in [-0.25, -0.2) is 8.78 Å². The average molecular weight is 212 g/mol. The van der Waals surface area contributed by atoms with Crippen molar-refractivity contribution >= 4 is 17.5 Å². The van der Waals surface area contributed by atoms with Gasteiger partial charge in [0.25, 0.3) is 5.92 Å². The molecule has 0 bridgehead atoms. The summed E-state index contributed by atoms with van der Waals surface area (Å²) in [5, 5.41) is 0. The van der Waals surface area contributed by atoms with Crippen LogP contribution in [0.15, 0.2) is 0 Å². The third kappa shape index (κ3) is 3.10. The van der Waals surface area contributed by atoms with Crippen molar-refractivity contribution in [3.05, 3.63) is 0 Å². The molecule has 1 aliphatic heterocycles. The molecule has 0 aromatic heterocycles. The highest BCUT2D eigenvalue weighted by molar-refractivity contribution is 6.18. The van der Waals surface area contributed by atoms with Crippen LogP contribution in [0, 0.1) is 0 Å². The van der Waals surface area contributed by atoms with Crippen molar-refractivity contribution in [2.75, 3.05) is 19.0 Å². The zero-order valence-electron chi connectivity index (χ0n) is 7.23. The standard InChI is InChI=1S/C8H12ClF2NO/c9-4-2-7(13)12-5-1-3-8(10,11)6-12/h1-6H2. The first-order valence-corrected chi connectivity index (χ1v) is 4.80. The van der Waals surface area contributed by atoms with Crippen LogP contribution in [0.5, 0.6) is 0 Å². The van der Waals surface area contributed by atoms with E-state index in [9.17, 15) is 13.6 Å². The highest BCUT2D eigenvalue weighted by Crippen LogP contribution is 2.26. The number of likely N-dealkylation sites (tertiary alicyclic amines) is 1. The van der Waals surface area contributed by atoms with Crippen LogP contribution in [0.25, 0.3) is 0 Å². The highest BCUT2D eigenvalue weighted by Gasteiger charge is 2.36. The van der Waals surface area contributed by atoms with E-state index in [1.165, 1.54) is 4.90 Å². The molecule has 0 atom stereocenters. The molecule has 1 saturated heterocycles. The van der Waals surface area contributed by atoms with Gasteiger partial charge in [0.2, 0.25) is 5.91 Å². The first-order valence-electron chi connectivity index (χ1n) is 4.27. The van der Waals surface area contributed by atoms with Gasteiger partial charge in [0.05, 0.1) is 6.54 Å². The van der Waals surface area contributed by atoms with Crippen LogP contribution in [-0.4, -0.2) is 35.7 Å². The number of rotatable bonds is 2. The van der Waals surface area contributed by atoms with Crippen LogP contribution in [-0.2, 0) is 4.79 Å². The Balaban J connectivity index is 2.47. The summed E-state index contributed by atoms with van der Waals surface area (Å²) < 4.78 is 25.7. The molecule has 0 saturated carbocycles. The molecule has 0 unspecified atom stereocenters. The monoisotopic (exact) mass is 211 g/mol. The van der Waals surface area contributed by atoms with Crippen LogP contribution in [0.1, 0.15) is 19.3 Å². The zero-order valence-corrected chi connectivity index (χ0v) is 7.99. The van der Waals surface area contributed by atoms with Gasteiger partial charge in [-0.15, -0.1) is 11.6 Å². The fourth-order valence-corrected chi connectivity index (χ4v) is 1.58. The van der Waals surface area contributed by atoms with Crippen molar-refractivity contribution in [2.45, 2.75) is 25.2 Å². The molecular formula is C8H12ClF2NO. The summed E-state index contributed by atoms with van der Waals surface area (Å²) in [7, 11) is 0. The van der Waals surface area contributed by atoms with E-state index in [-0.39, 0.29) is 24.6 Å². The Labute approximate surface area is 80.8 Å². The first kappa shape index (κ1) is 10.7.